The molecule has 1 aromatic heterocycles. The number of nitrogens with one attached hydrogen (secondary N) is 1. The molecular weight excluding hydrogens is 320 g/mol. The fraction of sp³-hybridized carbons (Fsp3) is 0.333. The fourth-order valence-electron chi connectivity index (χ4n) is 3.04. The van der Waals surface area contributed by atoms with Gasteiger partial charge in [0.25, 0.3) is 5.69 Å². The molecule has 1 N–H and O–H groups in total. The van der Waals surface area contributed by atoms with Crippen molar-refractivity contribution in [3.63, 3.8) is 0 Å². The van der Waals surface area contributed by atoms with Crippen molar-refractivity contribution in [2.45, 2.75) is 25.8 Å². The molecule has 1 atom stereocenters. The van der Waals surface area contributed by atoms with E-state index in [1.54, 1.807) is 13.0 Å². The van der Waals surface area contributed by atoms with Crippen LogP contribution in [0.25, 0.3) is 0 Å². The number of likely N-dealkylation sites (tertiary alicyclic amines) is 1. The van der Waals surface area contributed by atoms with Crippen LogP contribution in [0.1, 0.15) is 30.1 Å². The third-order valence-corrected chi connectivity index (χ3v) is 4.35. The lowest BCUT2D eigenvalue weighted by molar-refractivity contribution is -0.385. The lowest BCUT2D eigenvalue weighted by Gasteiger charge is -2.25. The molecule has 1 fully saturated rings. The molecule has 1 aliphatic rings. The molecule has 1 aliphatic heterocycles. The SMILES string of the molecule is Cc1nc(N[C@@H](CN2CCCC2=O)c2ccccc2)ccc1[N+](=O)[O-]. The maximum absolute atomic E-state index is 12.0. The number of carbonyl (C=O) groups excluding carboxylic acids is 1. The van der Waals surface area contributed by atoms with Gasteiger partial charge in [-0.1, -0.05) is 30.3 Å². The molecule has 7 heteroatoms. The molecule has 2 aromatic rings. The second-order valence-corrected chi connectivity index (χ2v) is 6.11. The van der Waals surface area contributed by atoms with Gasteiger partial charge in [0, 0.05) is 25.6 Å². The number of hydrogen-bond donors (Lipinski definition) is 1. The Morgan fingerprint density at radius 3 is 2.64 bits per heavy atom. The average molecular weight is 340 g/mol. The van der Waals surface area contributed by atoms with Crippen molar-refractivity contribution in [2.75, 3.05) is 18.4 Å². The molecule has 3 rings (SSSR count). The van der Waals surface area contributed by atoms with Crippen LogP contribution >= 0.6 is 0 Å². The molecule has 130 valence electrons. The van der Waals surface area contributed by atoms with Gasteiger partial charge in [0.05, 0.1) is 11.0 Å². The number of hydrogen-bond acceptors (Lipinski definition) is 5. The Hall–Kier alpha value is -2.96. The van der Waals surface area contributed by atoms with Crippen LogP contribution in [0.15, 0.2) is 42.5 Å². The number of rotatable bonds is 6. The minimum Gasteiger partial charge on any atom is -0.361 e. The Morgan fingerprint density at radius 1 is 1.28 bits per heavy atom. The van der Waals surface area contributed by atoms with Gasteiger partial charge in [-0.05, 0) is 25.0 Å². The summed E-state index contributed by atoms with van der Waals surface area (Å²) >= 11 is 0. The van der Waals surface area contributed by atoms with Gasteiger partial charge in [-0.3, -0.25) is 14.9 Å². The van der Waals surface area contributed by atoms with Crippen molar-refractivity contribution in [3.05, 3.63) is 63.8 Å². The van der Waals surface area contributed by atoms with Gasteiger partial charge in [0.15, 0.2) is 0 Å². The summed E-state index contributed by atoms with van der Waals surface area (Å²) in [6.45, 7) is 2.92. The van der Waals surface area contributed by atoms with Gasteiger partial charge in [-0.2, -0.15) is 0 Å². The summed E-state index contributed by atoms with van der Waals surface area (Å²) in [5.74, 6) is 0.721. The van der Waals surface area contributed by atoms with E-state index in [0.717, 1.165) is 18.5 Å². The second kappa shape index (κ2) is 7.29. The van der Waals surface area contributed by atoms with E-state index in [2.05, 4.69) is 10.3 Å². The summed E-state index contributed by atoms with van der Waals surface area (Å²) in [7, 11) is 0. The van der Waals surface area contributed by atoms with E-state index in [9.17, 15) is 14.9 Å². The third-order valence-electron chi connectivity index (χ3n) is 4.35. The highest BCUT2D eigenvalue weighted by Gasteiger charge is 2.24. The molecule has 0 unspecified atom stereocenters. The number of pyridine rings is 1. The van der Waals surface area contributed by atoms with Crippen LogP contribution in [0.5, 0.6) is 0 Å². The molecule has 0 spiro atoms. The molecular formula is C18H20N4O3. The lowest BCUT2D eigenvalue weighted by atomic mass is 10.1. The highest BCUT2D eigenvalue weighted by atomic mass is 16.6. The predicted octanol–water partition coefficient (Wildman–Crippen LogP) is 3.07. The second-order valence-electron chi connectivity index (χ2n) is 6.11. The molecule has 1 saturated heterocycles. The minimum atomic E-state index is -0.441. The van der Waals surface area contributed by atoms with E-state index in [0.29, 0.717) is 24.5 Å². The summed E-state index contributed by atoms with van der Waals surface area (Å²) in [6, 6.07) is 12.8. The lowest BCUT2D eigenvalue weighted by Crippen LogP contribution is -2.32. The molecule has 7 nitrogen and oxygen atoms in total. The van der Waals surface area contributed by atoms with Crippen molar-refractivity contribution < 1.29 is 9.72 Å². The number of nitrogens with zero attached hydrogens (tertiary/aromatic N) is 3. The number of aryl methyl sites for hydroxylation is 1. The topological polar surface area (TPSA) is 88.4 Å². The maximum atomic E-state index is 12.0. The number of anilines is 1. The highest BCUT2D eigenvalue weighted by Crippen LogP contribution is 2.24. The Kier molecular flexibility index (Phi) is 4.92. The van der Waals surface area contributed by atoms with Crippen LogP contribution < -0.4 is 5.32 Å². The Balaban J connectivity index is 1.83. The van der Waals surface area contributed by atoms with E-state index < -0.39 is 4.92 Å². The molecule has 25 heavy (non-hydrogen) atoms. The van der Waals surface area contributed by atoms with Crippen LogP contribution in [-0.4, -0.2) is 33.8 Å². The third kappa shape index (κ3) is 3.93. The van der Waals surface area contributed by atoms with Gasteiger partial charge in [0.1, 0.15) is 11.5 Å². The standard InChI is InChI=1S/C18H20N4O3/c1-13-16(22(24)25)9-10-17(19-13)20-15(14-6-3-2-4-7-14)12-21-11-5-8-18(21)23/h2-4,6-7,9-10,15H,5,8,11-12H2,1H3,(H,19,20)/t15-/m0/s1. The van der Waals surface area contributed by atoms with Crippen molar-refractivity contribution >= 4 is 17.4 Å². The first-order chi connectivity index (χ1) is 12.0. The number of aromatic nitrogens is 1. The Bertz CT molecular complexity index is 779. The van der Waals surface area contributed by atoms with Crippen LogP contribution in [0, 0.1) is 17.0 Å². The van der Waals surface area contributed by atoms with Gasteiger partial charge >= 0.3 is 0 Å². The van der Waals surface area contributed by atoms with E-state index in [1.165, 1.54) is 6.07 Å². The van der Waals surface area contributed by atoms with E-state index >= 15 is 0 Å². The van der Waals surface area contributed by atoms with Crippen LogP contribution in [0.3, 0.4) is 0 Å². The van der Waals surface area contributed by atoms with E-state index in [-0.39, 0.29) is 17.6 Å². The minimum absolute atomic E-state index is 0.00321. The first-order valence-corrected chi connectivity index (χ1v) is 8.26. The van der Waals surface area contributed by atoms with Gasteiger partial charge < -0.3 is 10.2 Å². The van der Waals surface area contributed by atoms with Crippen molar-refractivity contribution in [1.82, 2.24) is 9.88 Å². The Morgan fingerprint density at radius 2 is 2.04 bits per heavy atom. The quantitative estimate of drug-likeness (QED) is 0.645. The van der Waals surface area contributed by atoms with E-state index in [1.807, 2.05) is 35.2 Å². The fourth-order valence-corrected chi connectivity index (χ4v) is 3.04. The average Bonchev–Trinajstić information content (AvgIpc) is 3.00. The summed E-state index contributed by atoms with van der Waals surface area (Å²) in [5.41, 5.74) is 1.40. The maximum Gasteiger partial charge on any atom is 0.290 e. The summed E-state index contributed by atoms with van der Waals surface area (Å²) < 4.78 is 0. The summed E-state index contributed by atoms with van der Waals surface area (Å²) in [6.07, 6.45) is 1.48. The monoisotopic (exact) mass is 340 g/mol. The first-order valence-electron chi connectivity index (χ1n) is 8.26. The van der Waals surface area contributed by atoms with Gasteiger partial charge in [0.2, 0.25) is 5.91 Å². The van der Waals surface area contributed by atoms with Crippen LogP contribution in [-0.2, 0) is 4.79 Å². The summed E-state index contributed by atoms with van der Waals surface area (Å²) in [4.78, 5) is 28.6. The molecule has 0 aliphatic carbocycles. The zero-order chi connectivity index (χ0) is 17.8. The van der Waals surface area contributed by atoms with E-state index in [4.69, 9.17) is 0 Å². The van der Waals surface area contributed by atoms with Gasteiger partial charge in [-0.15, -0.1) is 0 Å². The normalized spacial score (nSPS) is 15.2. The predicted molar refractivity (Wildman–Crippen MR) is 94.2 cm³/mol. The Labute approximate surface area is 145 Å². The zero-order valence-electron chi connectivity index (χ0n) is 14.0. The zero-order valence-corrected chi connectivity index (χ0v) is 14.0. The van der Waals surface area contributed by atoms with Crippen molar-refractivity contribution in [1.29, 1.82) is 0 Å². The summed E-state index contributed by atoms with van der Waals surface area (Å²) in [5, 5.41) is 14.3. The van der Waals surface area contributed by atoms with Crippen LogP contribution in [0.4, 0.5) is 11.5 Å². The smallest absolute Gasteiger partial charge is 0.290 e. The number of benzene rings is 1. The van der Waals surface area contributed by atoms with Crippen molar-refractivity contribution in [3.8, 4) is 0 Å². The molecule has 0 bridgehead atoms. The number of carbonyl (C=O) groups is 1. The molecule has 2 heterocycles. The molecule has 1 aromatic carbocycles. The van der Waals surface area contributed by atoms with Gasteiger partial charge in [-0.25, -0.2) is 4.98 Å². The largest absolute Gasteiger partial charge is 0.361 e. The highest BCUT2D eigenvalue weighted by molar-refractivity contribution is 5.78. The molecule has 0 radical (unpaired) electrons. The number of amides is 1. The van der Waals surface area contributed by atoms with Crippen molar-refractivity contribution in [2.24, 2.45) is 0 Å². The first kappa shape index (κ1) is 16.9. The van der Waals surface area contributed by atoms with Crippen LogP contribution in [0.2, 0.25) is 0 Å². The molecule has 0 saturated carbocycles. The molecule has 1 amide bonds. The number of nitro groups is 1.